The number of aromatic amines is 1. The lowest BCUT2D eigenvalue weighted by Gasteiger charge is -2.31. The van der Waals surface area contributed by atoms with Gasteiger partial charge in [0.15, 0.2) is 0 Å². The molecule has 1 saturated heterocycles. The third kappa shape index (κ3) is 3.41. The summed E-state index contributed by atoms with van der Waals surface area (Å²) in [7, 11) is 1.63. The number of likely N-dealkylation sites (tertiary alicyclic amines) is 1. The van der Waals surface area contributed by atoms with E-state index in [1.807, 2.05) is 18.2 Å². The Morgan fingerprint density at radius 1 is 1.43 bits per heavy atom. The Morgan fingerprint density at radius 2 is 2.30 bits per heavy atom. The summed E-state index contributed by atoms with van der Waals surface area (Å²) in [6.45, 7) is 1.71. The average Bonchev–Trinajstić information content (AvgIpc) is 3.00. The zero-order chi connectivity index (χ0) is 16.2. The zero-order valence-corrected chi connectivity index (χ0v) is 13.6. The standard InChI is InChI=1S/C18H24N2O3/c1-23-14-5-6-17-15(10-14)16(11-19-17)18(22)12-20-8-3-2-4-13(20)7-9-21/h5-6,10-11,13,19,21H,2-4,7-9,12H2,1H3/p+1/t13-/m1/s1. The average molecular weight is 317 g/mol. The molecule has 2 heterocycles. The lowest BCUT2D eigenvalue weighted by Crippen LogP contribution is -3.17. The number of carbonyl (C=O) groups is 1. The Morgan fingerprint density at radius 3 is 3.09 bits per heavy atom. The summed E-state index contributed by atoms with van der Waals surface area (Å²) in [5.41, 5.74) is 1.69. The number of nitrogens with one attached hydrogen (secondary N) is 2. The van der Waals surface area contributed by atoms with E-state index in [-0.39, 0.29) is 12.4 Å². The van der Waals surface area contributed by atoms with Crippen LogP contribution in [0.1, 0.15) is 36.0 Å². The molecule has 1 fully saturated rings. The molecular formula is C18H25N2O3+. The molecule has 5 nitrogen and oxygen atoms in total. The molecule has 1 aliphatic heterocycles. The fourth-order valence-electron chi connectivity index (χ4n) is 3.65. The van der Waals surface area contributed by atoms with Gasteiger partial charge in [0, 0.05) is 35.7 Å². The number of rotatable bonds is 6. The molecule has 0 saturated carbocycles. The van der Waals surface area contributed by atoms with Crippen molar-refractivity contribution in [3.63, 3.8) is 0 Å². The van der Waals surface area contributed by atoms with Crippen LogP contribution in [0.5, 0.6) is 5.75 Å². The van der Waals surface area contributed by atoms with Gasteiger partial charge in [-0.1, -0.05) is 0 Å². The quantitative estimate of drug-likeness (QED) is 0.701. The van der Waals surface area contributed by atoms with Crippen LogP contribution in [0, 0.1) is 0 Å². The molecule has 1 aromatic heterocycles. The third-order valence-corrected chi connectivity index (χ3v) is 4.93. The van der Waals surface area contributed by atoms with Crippen LogP contribution in [0.3, 0.4) is 0 Å². The van der Waals surface area contributed by atoms with Crippen molar-refractivity contribution in [2.75, 3.05) is 26.8 Å². The highest BCUT2D eigenvalue weighted by molar-refractivity contribution is 6.08. The number of Topliss-reactive ketones (excluding diaryl/α,β-unsaturated/α-hetero) is 1. The molecule has 1 aromatic carbocycles. The van der Waals surface area contributed by atoms with Crippen LogP contribution in [-0.4, -0.2) is 48.7 Å². The van der Waals surface area contributed by atoms with E-state index in [2.05, 4.69) is 4.98 Å². The predicted octanol–water partition coefficient (Wildman–Crippen LogP) is 1.18. The number of quaternary nitrogens is 1. The Hall–Kier alpha value is -1.85. The molecule has 2 aromatic rings. The van der Waals surface area contributed by atoms with Gasteiger partial charge in [-0.15, -0.1) is 0 Å². The highest BCUT2D eigenvalue weighted by Gasteiger charge is 2.28. The van der Waals surface area contributed by atoms with Crippen LogP contribution in [0.25, 0.3) is 10.9 Å². The minimum absolute atomic E-state index is 0.157. The predicted molar refractivity (Wildman–Crippen MR) is 89.2 cm³/mol. The van der Waals surface area contributed by atoms with Gasteiger partial charge in [0.25, 0.3) is 0 Å². The van der Waals surface area contributed by atoms with E-state index in [4.69, 9.17) is 4.74 Å². The van der Waals surface area contributed by atoms with Crippen molar-refractivity contribution in [1.29, 1.82) is 0 Å². The second-order valence-corrected chi connectivity index (χ2v) is 6.33. The van der Waals surface area contributed by atoms with E-state index < -0.39 is 0 Å². The van der Waals surface area contributed by atoms with Gasteiger partial charge in [-0.3, -0.25) is 4.79 Å². The monoisotopic (exact) mass is 317 g/mol. The number of piperidine rings is 1. The topological polar surface area (TPSA) is 66.8 Å². The van der Waals surface area contributed by atoms with Crippen LogP contribution < -0.4 is 9.64 Å². The van der Waals surface area contributed by atoms with Crippen molar-refractivity contribution in [3.05, 3.63) is 30.0 Å². The first-order valence-corrected chi connectivity index (χ1v) is 8.36. The maximum atomic E-state index is 12.8. The van der Waals surface area contributed by atoms with Crippen molar-refractivity contribution in [3.8, 4) is 5.75 Å². The van der Waals surface area contributed by atoms with E-state index in [0.29, 0.717) is 12.6 Å². The largest absolute Gasteiger partial charge is 0.497 e. The Labute approximate surface area is 136 Å². The normalized spacial score (nSPS) is 21.5. The lowest BCUT2D eigenvalue weighted by atomic mass is 9.98. The molecular weight excluding hydrogens is 292 g/mol. The number of aromatic nitrogens is 1. The summed E-state index contributed by atoms with van der Waals surface area (Å²) >= 11 is 0. The molecule has 1 aliphatic rings. The van der Waals surface area contributed by atoms with Crippen LogP contribution in [0.15, 0.2) is 24.4 Å². The van der Waals surface area contributed by atoms with E-state index >= 15 is 0 Å². The Bertz CT molecular complexity index is 678. The van der Waals surface area contributed by atoms with Gasteiger partial charge >= 0.3 is 0 Å². The molecule has 3 rings (SSSR count). The number of aliphatic hydroxyl groups is 1. The maximum Gasteiger partial charge on any atom is 0.219 e. The number of ketones is 1. The zero-order valence-electron chi connectivity index (χ0n) is 13.6. The summed E-state index contributed by atoms with van der Waals surface area (Å²) in [5, 5.41) is 10.2. The number of carbonyl (C=O) groups excluding carboxylic acids is 1. The Balaban J connectivity index is 1.79. The number of hydrogen-bond acceptors (Lipinski definition) is 3. The summed E-state index contributed by atoms with van der Waals surface area (Å²) in [6, 6.07) is 6.14. The number of fused-ring (bicyclic) bond motifs is 1. The van der Waals surface area contributed by atoms with Gasteiger partial charge in [0.2, 0.25) is 5.78 Å². The molecule has 0 radical (unpaired) electrons. The molecule has 3 N–H and O–H groups in total. The van der Waals surface area contributed by atoms with Crippen molar-refractivity contribution < 1.29 is 19.5 Å². The van der Waals surface area contributed by atoms with Gasteiger partial charge in [0.05, 0.1) is 19.7 Å². The lowest BCUT2D eigenvalue weighted by molar-refractivity contribution is -0.923. The van der Waals surface area contributed by atoms with Crippen molar-refractivity contribution in [2.45, 2.75) is 31.7 Å². The van der Waals surface area contributed by atoms with Crippen molar-refractivity contribution in [1.82, 2.24) is 4.98 Å². The van der Waals surface area contributed by atoms with Crippen molar-refractivity contribution in [2.24, 2.45) is 0 Å². The minimum Gasteiger partial charge on any atom is -0.497 e. The molecule has 0 amide bonds. The molecule has 0 spiro atoms. The first-order valence-electron chi connectivity index (χ1n) is 8.36. The van der Waals surface area contributed by atoms with Crippen LogP contribution in [0.2, 0.25) is 0 Å². The van der Waals surface area contributed by atoms with Gasteiger partial charge in [0.1, 0.15) is 12.3 Å². The number of hydrogen-bond donors (Lipinski definition) is 3. The Kier molecular flexibility index (Phi) is 4.98. The fourth-order valence-corrected chi connectivity index (χ4v) is 3.65. The number of H-pyrrole nitrogens is 1. The second-order valence-electron chi connectivity index (χ2n) is 6.33. The van der Waals surface area contributed by atoms with Gasteiger partial charge in [-0.05, 0) is 37.5 Å². The minimum atomic E-state index is 0.157. The fraction of sp³-hybridized carbons (Fsp3) is 0.500. The summed E-state index contributed by atoms with van der Waals surface area (Å²) in [4.78, 5) is 17.3. The third-order valence-electron chi connectivity index (χ3n) is 4.93. The molecule has 0 aliphatic carbocycles. The number of benzene rings is 1. The van der Waals surface area contributed by atoms with E-state index in [1.54, 1.807) is 13.3 Å². The van der Waals surface area contributed by atoms with Crippen LogP contribution >= 0.6 is 0 Å². The number of methoxy groups -OCH3 is 1. The van der Waals surface area contributed by atoms with Gasteiger partial charge < -0.3 is 19.7 Å². The highest BCUT2D eigenvalue weighted by Crippen LogP contribution is 2.23. The SMILES string of the molecule is COc1ccc2[nH]cc(C(=O)C[NH+]3CCCC[C@@H]3CCO)c2c1. The second kappa shape index (κ2) is 7.15. The van der Waals surface area contributed by atoms with Crippen LogP contribution in [-0.2, 0) is 0 Å². The van der Waals surface area contributed by atoms with E-state index in [0.717, 1.165) is 48.0 Å². The molecule has 0 bridgehead atoms. The first kappa shape index (κ1) is 16.0. The van der Waals surface area contributed by atoms with Gasteiger partial charge in [-0.2, -0.15) is 0 Å². The van der Waals surface area contributed by atoms with Crippen LogP contribution in [0.4, 0.5) is 0 Å². The summed E-state index contributed by atoms with van der Waals surface area (Å²) < 4.78 is 5.27. The summed E-state index contributed by atoms with van der Waals surface area (Å²) in [6.07, 6.45) is 6.05. The van der Waals surface area contributed by atoms with E-state index in [1.165, 1.54) is 11.3 Å². The summed E-state index contributed by atoms with van der Waals surface area (Å²) in [5.74, 6) is 0.916. The smallest absolute Gasteiger partial charge is 0.219 e. The molecule has 124 valence electrons. The molecule has 5 heteroatoms. The van der Waals surface area contributed by atoms with E-state index in [9.17, 15) is 9.90 Å². The number of aliphatic hydroxyl groups excluding tert-OH is 1. The molecule has 2 atom stereocenters. The first-order chi connectivity index (χ1) is 11.2. The maximum absolute atomic E-state index is 12.8. The molecule has 1 unspecified atom stereocenters. The highest BCUT2D eigenvalue weighted by atomic mass is 16.5. The van der Waals surface area contributed by atoms with Crippen molar-refractivity contribution >= 4 is 16.7 Å². The van der Waals surface area contributed by atoms with Gasteiger partial charge in [-0.25, -0.2) is 0 Å². The molecule has 23 heavy (non-hydrogen) atoms. The number of ether oxygens (including phenoxy) is 1.